The number of furan rings is 1. The third-order valence-electron chi connectivity index (χ3n) is 11.2. The summed E-state index contributed by atoms with van der Waals surface area (Å²) < 4.78 is 49.9. The fourth-order valence-corrected chi connectivity index (χ4v) is 9.60. The monoisotopic (exact) mass is 1030 g/mol. The third kappa shape index (κ3) is 9.60. The second kappa shape index (κ2) is 18.4. The van der Waals surface area contributed by atoms with Crippen LogP contribution in [0.2, 0.25) is 19.6 Å². The second-order valence-electron chi connectivity index (χ2n) is 18.9. The smallest absolute Gasteiger partial charge is 0.121 e. The van der Waals surface area contributed by atoms with Crippen LogP contribution in [-0.2, 0) is 26.5 Å². The molecule has 0 N–H and O–H groups in total. The topological polar surface area (TPSA) is 43.9 Å². The molecule has 0 aliphatic carbocycles. The SMILES string of the molecule is [2H]C([2H])([2H])c1ccc2c(c1)oc1c(-c3nc4ccccc4n3-c3c(C(C)C)cc(-c4ccccc4)cc3C(C)C)[c-]ccc12.[2H]C([2H])(c1cc(-c2[c-]cccc2)ncc1[Si](C)(C)C)C(C)(C)C.[Ir]. The van der Waals surface area contributed by atoms with Gasteiger partial charge in [-0.15, -0.1) is 54.1 Å². The summed E-state index contributed by atoms with van der Waals surface area (Å²) in [5, 5.41) is 2.86. The van der Waals surface area contributed by atoms with Gasteiger partial charge in [0.05, 0.1) is 30.5 Å². The summed E-state index contributed by atoms with van der Waals surface area (Å²) in [5.41, 5.74) is 12.0. The quantitative estimate of drug-likeness (QED) is 0.113. The summed E-state index contributed by atoms with van der Waals surface area (Å²) in [7, 11) is -1.70. The van der Waals surface area contributed by atoms with Crippen LogP contribution in [0.15, 0.2) is 138 Å². The Labute approximate surface area is 396 Å². The minimum absolute atomic E-state index is 0. The minimum Gasteiger partial charge on any atom is -0.501 e. The number of imidazole rings is 1. The summed E-state index contributed by atoms with van der Waals surface area (Å²) in [6.07, 6.45) is 0.469. The summed E-state index contributed by atoms with van der Waals surface area (Å²) in [5.74, 6) is 1.22. The number of aryl methyl sites for hydroxylation is 1. The van der Waals surface area contributed by atoms with Crippen molar-refractivity contribution in [2.45, 2.75) is 93.2 Å². The number of hydrogen-bond donors (Lipinski definition) is 0. The van der Waals surface area contributed by atoms with E-state index in [4.69, 9.17) is 16.3 Å². The number of nitrogens with zero attached hydrogens (tertiary/aromatic N) is 3. The van der Waals surface area contributed by atoms with Crippen LogP contribution in [0, 0.1) is 24.4 Å². The van der Waals surface area contributed by atoms with Gasteiger partial charge in [-0.3, -0.25) is 4.98 Å². The van der Waals surface area contributed by atoms with Crippen LogP contribution in [0.5, 0.6) is 0 Å². The van der Waals surface area contributed by atoms with E-state index in [1.807, 2.05) is 93.7 Å². The molecule has 0 fully saturated rings. The van der Waals surface area contributed by atoms with Crippen molar-refractivity contribution in [3.8, 4) is 39.5 Å². The van der Waals surface area contributed by atoms with E-state index in [9.17, 15) is 0 Å². The fourth-order valence-electron chi connectivity index (χ4n) is 8.20. The van der Waals surface area contributed by atoms with Gasteiger partial charge in [0.2, 0.25) is 0 Å². The van der Waals surface area contributed by atoms with Crippen LogP contribution < -0.4 is 5.19 Å². The Morgan fingerprint density at radius 1 is 0.762 bits per heavy atom. The molecule has 0 unspecified atom stereocenters. The Morgan fingerprint density at radius 3 is 2.11 bits per heavy atom. The summed E-state index contributed by atoms with van der Waals surface area (Å²) >= 11 is 0. The van der Waals surface area contributed by atoms with Gasteiger partial charge in [0.25, 0.3) is 0 Å². The summed E-state index contributed by atoms with van der Waals surface area (Å²) in [6.45, 7) is 19.3. The van der Waals surface area contributed by atoms with E-state index in [0.29, 0.717) is 11.2 Å². The number of benzene rings is 6. The van der Waals surface area contributed by atoms with E-state index in [-0.39, 0.29) is 37.5 Å². The van der Waals surface area contributed by atoms with Gasteiger partial charge in [-0.1, -0.05) is 145 Å². The third-order valence-corrected chi connectivity index (χ3v) is 13.2. The van der Waals surface area contributed by atoms with Crippen molar-refractivity contribution < 1.29 is 31.4 Å². The minimum atomic E-state index is -2.22. The molecule has 63 heavy (non-hydrogen) atoms. The number of para-hydroxylation sites is 2. The molecule has 4 nitrogen and oxygen atoms in total. The van der Waals surface area contributed by atoms with Gasteiger partial charge in [-0.2, -0.15) is 0 Å². The fraction of sp³-hybridized carbons (Fsp3) is 0.263. The zero-order valence-electron chi connectivity index (χ0n) is 42.9. The molecule has 0 bridgehead atoms. The maximum Gasteiger partial charge on any atom is 0.121 e. The number of aromatic nitrogens is 3. The van der Waals surface area contributed by atoms with E-state index in [1.165, 1.54) is 22.3 Å². The Bertz CT molecular complexity index is 3210. The van der Waals surface area contributed by atoms with Gasteiger partial charge in [-0.05, 0) is 99.5 Å². The van der Waals surface area contributed by atoms with E-state index < -0.39 is 26.7 Å². The van der Waals surface area contributed by atoms with Crippen LogP contribution in [0.3, 0.4) is 0 Å². The van der Waals surface area contributed by atoms with Crippen LogP contribution >= 0.6 is 0 Å². The van der Waals surface area contributed by atoms with Crippen molar-refractivity contribution in [2.75, 3.05) is 0 Å². The maximum absolute atomic E-state index is 8.75. The maximum atomic E-state index is 8.75. The zero-order valence-corrected chi connectivity index (χ0v) is 41.3. The van der Waals surface area contributed by atoms with Crippen molar-refractivity contribution in [1.29, 1.82) is 0 Å². The zero-order chi connectivity index (χ0) is 48.2. The number of pyridine rings is 1. The standard InChI is InChI=1S/C38H33N2O.C19H26NSi.Ir/c1-23(2)31-21-27(26-12-7-6-8-13-26)22-32(24(3)4)36(31)40-34-17-10-9-16-33(34)39-38(40)30-15-11-14-29-28-19-18-25(5)20-35(28)41-37(29)30;1-19(2,3)13-16-12-17(15-10-8-7-9-11-15)20-14-18(16)21(4,5)6;/h6-14,16-24H,1-5H3;7-10,12,14H,13H2,1-6H3;/q2*-1;/i5D3;13D2;. The summed E-state index contributed by atoms with van der Waals surface area (Å²) in [6, 6.07) is 48.7. The molecule has 0 aliphatic heterocycles. The molecule has 6 aromatic carbocycles. The van der Waals surface area contributed by atoms with Gasteiger partial charge < -0.3 is 14.0 Å². The first-order valence-corrected chi connectivity index (χ1v) is 25.1. The van der Waals surface area contributed by atoms with Gasteiger partial charge in [0.1, 0.15) is 5.58 Å². The van der Waals surface area contributed by atoms with Gasteiger partial charge >= 0.3 is 0 Å². The predicted octanol–water partition coefficient (Wildman–Crippen LogP) is 15.3. The van der Waals surface area contributed by atoms with E-state index in [1.54, 1.807) is 12.1 Å². The molecule has 9 rings (SSSR count). The van der Waals surface area contributed by atoms with Crippen LogP contribution in [0.1, 0.15) is 89.4 Å². The van der Waals surface area contributed by atoms with Crippen molar-refractivity contribution >= 4 is 46.2 Å². The van der Waals surface area contributed by atoms with E-state index in [2.05, 4.69) is 118 Å². The number of rotatable bonds is 8. The van der Waals surface area contributed by atoms with Crippen LogP contribution in [0.4, 0.5) is 0 Å². The van der Waals surface area contributed by atoms with Crippen LogP contribution in [0.25, 0.3) is 72.4 Å². The normalized spacial score (nSPS) is 13.6. The molecule has 3 heterocycles. The Morgan fingerprint density at radius 2 is 1.46 bits per heavy atom. The van der Waals surface area contributed by atoms with Crippen molar-refractivity contribution in [3.05, 3.63) is 168 Å². The Hall–Kier alpha value is -5.39. The molecule has 6 heteroatoms. The van der Waals surface area contributed by atoms with E-state index >= 15 is 0 Å². The molecule has 323 valence electrons. The Balaban J connectivity index is 0.000000242. The van der Waals surface area contributed by atoms with Crippen LogP contribution in [-0.4, -0.2) is 22.6 Å². The molecule has 0 spiro atoms. The van der Waals surface area contributed by atoms with Gasteiger partial charge in [0.15, 0.2) is 0 Å². The Kier molecular flexibility index (Phi) is 11.4. The van der Waals surface area contributed by atoms with Crippen molar-refractivity contribution in [1.82, 2.24) is 14.5 Å². The molecule has 9 aromatic rings. The first kappa shape index (κ1) is 39.2. The molecule has 0 saturated carbocycles. The average molecular weight is 1030 g/mol. The first-order valence-electron chi connectivity index (χ1n) is 24.1. The van der Waals surface area contributed by atoms with Crippen molar-refractivity contribution in [3.63, 3.8) is 0 Å². The molecular formula is C57H59IrN3OSi-2. The molecule has 0 atom stereocenters. The second-order valence-corrected chi connectivity index (χ2v) is 23.9. The largest absolute Gasteiger partial charge is 0.501 e. The first-order chi connectivity index (χ1) is 31.6. The average Bonchev–Trinajstić information content (AvgIpc) is 3.86. The molecule has 0 saturated heterocycles. The molecule has 1 radical (unpaired) electrons. The van der Waals surface area contributed by atoms with Gasteiger partial charge in [0, 0.05) is 44.2 Å². The van der Waals surface area contributed by atoms with E-state index in [0.717, 1.165) is 60.9 Å². The predicted molar refractivity (Wildman–Crippen MR) is 266 cm³/mol. The number of fused-ring (bicyclic) bond motifs is 4. The molecule has 0 aliphatic rings. The van der Waals surface area contributed by atoms with Crippen molar-refractivity contribution in [2.24, 2.45) is 5.41 Å². The summed E-state index contributed by atoms with van der Waals surface area (Å²) in [4.78, 5) is 9.81. The molecule has 3 aromatic heterocycles. The van der Waals surface area contributed by atoms with Gasteiger partial charge in [-0.25, -0.2) is 0 Å². The number of hydrogen-bond acceptors (Lipinski definition) is 3. The molecular weight excluding hydrogens is 963 g/mol. The molecule has 0 amide bonds.